The van der Waals surface area contributed by atoms with E-state index in [2.05, 4.69) is 0 Å². The Balaban J connectivity index is 2.24. The average molecular weight is 132 g/mol. The highest BCUT2D eigenvalue weighted by Gasteiger charge is 2.42. The van der Waals surface area contributed by atoms with Gasteiger partial charge < -0.3 is 14.9 Å². The van der Waals surface area contributed by atoms with Gasteiger partial charge in [0.1, 0.15) is 0 Å². The second kappa shape index (κ2) is 2.25. The molecule has 0 aromatic carbocycles. The quantitative estimate of drug-likeness (QED) is 0.533. The van der Waals surface area contributed by atoms with Crippen molar-refractivity contribution in [2.24, 2.45) is 0 Å². The van der Waals surface area contributed by atoms with Crippen LogP contribution >= 0.6 is 0 Å². The first-order valence-electron chi connectivity index (χ1n) is 3.06. The topological polar surface area (TPSA) is 49.7 Å². The van der Waals surface area contributed by atoms with Crippen LogP contribution in [0.5, 0.6) is 0 Å². The van der Waals surface area contributed by atoms with Crippen LogP contribution in [-0.2, 0) is 4.74 Å². The van der Waals surface area contributed by atoms with E-state index < -0.39 is 5.60 Å². The predicted molar refractivity (Wildman–Crippen MR) is 32.1 cm³/mol. The zero-order valence-corrected chi connectivity index (χ0v) is 5.50. The van der Waals surface area contributed by atoms with Crippen molar-refractivity contribution in [2.75, 3.05) is 13.7 Å². The molecule has 1 aliphatic carbocycles. The second-order valence-corrected chi connectivity index (χ2v) is 2.65. The molecule has 0 amide bonds. The standard InChI is InChI=1S/C6H12O3/c1-9-5-2-6(8,3-5)4-7/h5,7-8H,2-4H2,1H3. The molecule has 0 spiro atoms. The van der Waals surface area contributed by atoms with Gasteiger partial charge in [0.25, 0.3) is 0 Å². The summed E-state index contributed by atoms with van der Waals surface area (Å²) in [6, 6.07) is 0. The number of methoxy groups -OCH3 is 1. The minimum Gasteiger partial charge on any atom is -0.393 e. The first-order chi connectivity index (χ1) is 4.20. The fourth-order valence-electron chi connectivity index (χ4n) is 1.08. The number of aliphatic hydroxyl groups is 2. The van der Waals surface area contributed by atoms with E-state index in [1.54, 1.807) is 7.11 Å². The van der Waals surface area contributed by atoms with Crippen molar-refractivity contribution in [1.82, 2.24) is 0 Å². The maximum absolute atomic E-state index is 9.19. The second-order valence-electron chi connectivity index (χ2n) is 2.65. The maximum Gasteiger partial charge on any atom is 0.0926 e. The summed E-state index contributed by atoms with van der Waals surface area (Å²) < 4.78 is 4.91. The van der Waals surface area contributed by atoms with E-state index in [1.807, 2.05) is 0 Å². The van der Waals surface area contributed by atoms with Crippen molar-refractivity contribution in [3.63, 3.8) is 0 Å². The van der Waals surface area contributed by atoms with Crippen molar-refractivity contribution in [2.45, 2.75) is 24.5 Å². The van der Waals surface area contributed by atoms with E-state index in [-0.39, 0.29) is 12.7 Å². The third-order valence-electron chi connectivity index (χ3n) is 1.84. The third kappa shape index (κ3) is 1.23. The first kappa shape index (κ1) is 6.99. The summed E-state index contributed by atoms with van der Waals surface area (Å²) in [6.45, 7) is -0.146. The Kier molecular flexibility index (Phi) is 1.75. The van der Waals surface area contributed by atoms with Crippen LogP contribution in [0.2, 0.25) is 0 Å². The Bertz CT molecular complexity index is 96.5. The molecule has 54 valence electrons. The van der Waals surface area contributed by atoms with Crippen LogP contribution < -0.4 is 0 Å². The van der Waals surface area contributed by atoms with Crippen molar-refractivity contribution >= 4 is 0 Å². The summed E-state index contributed by atoms with van der Waals surface area (Å²) in [7, 11) is 1.61. The molecule has 0 radical (unpaired) electrons. The molecule has 1 rings (SSSR count). The fraction of sp³-hybridized carbons (Fsp3) is 1.00. The highest BCUT2D eigenvalue weighted by Crippen LogP contribution is 2.33. The van der Waals surface area contributed by atoms with Gasteiger partial charge in [0.05, 0.1) is 18.3 Å². The lowest BCUT2D eigenvalue weighted by Crippen LogP contribution is -2.50. The Morgan fingerprint density at radius 2 is 2.22 bits per heavy atom. The Labute approximate surface area is 54.3 Å². The number of hydrogen-bond donors (Lipinski definition) is 2. The Morgan fingerprint density at radius 1 is 1.67 bits per heavy atom. The molecule has 0 saturated heterocycles. The van der Waals surface area contributed by atoms with Crippen molar-refractivity contribution < 1.29 is 14.9 Å². The van der Waals surface area contributed by atoms with Crippen LogP contribution in [0, 0.1) is 0 Å². The van der Waals surface area contributed by atoms with E-state index in [9.17, 15) is 5.11 Å². The van der Waals surface area contributed by atoms with Crippen molar-refractivity contribution in [3.05, 3.63) is 0 Å². The molecule has 3 heteroatoms. The normalized spacial score (nSPS) is 42.3. The van der Waals surface area contributed by atoms with Gasteiger partial charge in [-0.1, -0.05) is 0 Å². The van der Waals surface area contributed by atoms with Gasteiger partial charge >= 0.3 is 0 Å². The number of hydrogen-bond acceptors (Lipinski definition) is 3. The summed E-state index contributed by atoms with van der Waals surface area (Å²) in [5.74, 6) is 0. The lowest BCUT2D eigenvalue weighted by Gasteiger charge is -2.41. The Morgan fingerprint density at radius 3 is 2.56 bits per heavy atom. The molecule has 0 aromatic rings. The smallest absolute Gasteiger partial charge is 0.0926 e. The third-order valence-corrected chi connectivity index (χ3v) is 1.84. The molecule has 1 fully saturated rings. The largest absolute Gasteiger partial charge is 0.393 e. The highest BCUT2D eigenvalue weighted by atomic mass is 16.5. The van der Waals surface area contributed by atoms with Crippen LogP contribution in [0.1, 0.15) is 12.8 Å². The number of aliphatic hydroxyl groups excluding tert-OH is 1. The maximum atomic E-state index is 9.19. The van der Waals surface area contributed by atoms with Crippen LogP contribution in [0.4, 0.5) is 0 Å². The molecule has 1 saturated carbocycles. The molecular weight excluding hydrogens is 120 g/mol. The first-order valence-corrected chi connectivity index (χ1v) is 3.06. The SMILES string of the molecule is COC1CC(O)(CO)C1. The lowest BCUT2D eigenvalue weighted by molar-refractivity contribution is -0.148. The predicted octanol–water partition coefficient (Wildman–Crippen LogP) is -0.481. The van der Waals surface area contributed by atoms with E-state index in [1.165, 1.54) is 0 Å². The average Bonchev–Trinajstić information content (AvgIpc) is 1.81. The molecule has 0 bridgehead atoms. The van der Waals surface area contributed by atoms with Crippen LogP contribution in [0.25, 0.3) is 0 Å². The Hall–Kier alpha value is -0.120. The zero-order chi connectivity index (χ0) is 6.91. The van der Waals surface area contributed by atoms with Crippen LogP contribution in [0.3, 0.4) is 0 Å². The molecule has 0 unspecified atom stereocenters. The monoisotopic (exact) mass is 132 g/mol. The summed E-state index contributed by atoms with van der Waals surface area (Å²) >= 11 is 0. The summed E-state index contributed by atoms with van der Waals surface area (Å²) in [5.41, 5.74) is -0.833. The van der Waals surface area contributed by atoms with Crippen LogP contribution in [0.15, 0.2) is 0 Å². The molecule has 3 nitrogen and oxygen atoms in total. The summed E-state index contributed by atoms with van der Waals surface area (Å²) in [6.07, 6.45) is 1.29. The van der Waals surface area contributed by atoms with Gasteiger partial charge in [0.15, 0.2) is 0 Å². The minimum atomic E-state index is -0.833. The molecule has 1 aliphatic rings. The summed E-state index contributed by atoms with van der Waals surface area (Å²) in [4.78, 5) is 0. The van der Waals surface area contributed by atoms with Gasteiger partial charge in [-0.05, 0) is 0 Å². The molecular formula is C6H12O3. The van der Waals surface area contributed by atoms with E-state index in [0.29, 0.717) is 12.8 Å². The number of rotatable bonds is 2. The van der Waals surface area contributed by atoms with Gasteiger partial charge in [-0.2, -0.15) is 0 Å². The lowest BCUT2D eigenvalue weighted by atomic mass is 9.78. The molecule has 0 aromatic heterocycles. The highest BCUT2D eigenvalue weighted by molar-refractivity contribution is 4.94. The van der Waals surface area contributed by atoms with E-state index in [4.69, 9.17) is 9.84 Å². The fourth-order valence-corrected chi connectivity index (χ4v) is 1.08. The number of ether oxygens (including phenoxy) is 1. The van der Waals surface area contributed by atoms with Crippen molar-refractivity contribution in [1.29, 1.82) is 0 Å². The van der Waals surface area contributed by atoms with Crippen molar-refractivity contribution in [3.8, 4) is 0 Å². The molecule has 0 atom stereocenters. The molecule has 0 heterocycles. The van der Waals surface area contributed by atoms with Gasteiger partial charge in [0, 0.05) is 20.0 Å². The van der Waals surface area contributed by atoms with Gasteiger partial charge in [0.2, 0.25) is 0 Å². The zero-order valence-electron chi connectivity index (χ0n) is 5.50. The van der Waals surface area contributed by atoms with Gasteiger partial charge in [-0.25, -0.2) is 0 Å². The summed E-state index contributed by atoms with van der Waals surface area (Å²) in [5, 5.41) is 17.7. The van der Waals surface area contributed by atoms with E-state index >= 15 is 0 Å². The molecule has 9 heavy (non-hydrogen) atoms. The van der Waals surface area contributed by atoms with Gasteiger partial charge in [-0.15, -0.1) is 0 Å². The van der Waals surface area contributed by atoms with E-state index in [0.717, 1.165) is 0 Å². The molecule has 0 aliphatic heterocycles. The minimum absolute atomic E-state index is 0.146. The molecule has 2 N–H and O–H groups in total. The van der Waals surface area contributed by atoms with Crippen LogP contribution in [-0.4, -0.2) is 35.6 Å². The van der Waals surface area contributed by atoms with Gasteiger partial charge in [-0.3, -0.25) is 0 Å².